The van der Waals surface area contributed by atoms with Crippen LogP contribution >= 0.6 is 0 Å². The van der Waals surface area contributed by atoms with Gasteiger partial charge in [0.05, 0.1) is 6.54 Å². The number of nitrogens with zero attached hydrogens (tertiary/aromatic N) is 2. The molecule has 0 aliphatic carbocycles. The molecule has 4 heteroatoms. The Morgan fingerprint density at radius 3 is 2.58 bits per heavy atom. The highest BCUT2D eigenvalue weighted by Crippen LogP contribution is 2.24. The molecule has 1 aromatic heterocycles. The van der Waals surface area contributed by atoms with Gasteiger partial charge in [-0.15, -0.1) is 0 Å². The molecule has 3 rings (SSSR count). The van der Waals surface area contributed by atoms with Crippen LogP contribution in [0.5, 0.6) is 0 Å². The molecule has 1 atom stereocenters. The van der Waals surface area contributed by atoms with Crippen LogP contribution in [0, 0.1) is 0 Å². The standard InChI is InChI=1S/C22H25N3O/c1-3-7-17(2)24-22(26)21-9-5-4-8-20(21)19-12-10-18(11-13-19)16-25-15-6-14-23-25/h4-6,8-15,17H,3,7,16H2,1-2H3,(H,24,26)/t17-/m0/s1. The zero-order valence-electron chi connectivity index (χ0n) is 15.4. The largest absolute Gasteiger partial charge is 0.350 e. The molecule has 0 aliphatic heterocycles. The molecule has 1 heterocycles. The van der Waals surface area contributed by atoms with E-state index in [1.54, 1.807) is 6.20 Å². The molecule has 0 fully saturated rings. The fourth-order valence-electron chi connectivity index (χ4n) is 3.11. The molecule has 0 radical (unpaired) electrons. The van der Waals surface area contributed by atoms with Gasteiger partial charge in [-0.3, -0.25) is 9.48 Å². The summed E-state index contributed by atoms with van der Waals surface area (Å²) in [4.78, 5) is 12.7. The summed E-state index contributed by atoms with van der Waals surface area (Å²) < 4.78 is 1.89. The first-order chi connectivity index (χ1) is 12.7. The minimum absolute atomic E-state index is 0.0119. The Morgan fingerprint density at radius 1 is 1.12 bits per heavy atom. The normalized spacial score (nSPS) is 11.9. The molecule has 0 bridgehead atoms. The SMILES string of the molecule is CCC[C@H](C)NC(=O)c1ccccc1-c1ccc(Cn2cccn2)cc1. The van der Waals surface area contributed by atoms with Crippen LogP contribution in [0.1, 0.15) is 42.6 Å². The van der Waals surface area contributed by atoms with Crippen molar-refractivity contribution in [2.45, 2.75) is 39.3 Å². The van der Waals surface area contributed by atoms with Crippen LogP contribution in [-0.4, -0.2) is 21.7 Å². The van der Waals surface area contributed by atoms with E-state index in [4.69, 9.17) is 0 Å². The van der Waals surface area contributed by atoms with E-state index in [2.05, 4.69) is 41.6 Å². The lowest BCUT2D eigenvalue weighted by Gasteiger charge is -2.15. The summed E-state index contributed by atoms with van der Waals surface area (Å²) in [6, 6.07) is 18.2. The maximum absolute atomic E-state index is 12.7. The lowest BCUT2D eigenvalue weighted by molar-refractivity contribution is 0.0939. The fourth-order valence-corrected chi connectivity index (χ4v) is 3.11. The monoisotopic (exact) mass is 347 g/mol. The number of amides is 1. The van der Waals surface area contributed by atoms with Crippen molar-refractivity contribution in [3.8, 4) is 11.1 Å². The van der Waals surface area contributed by atoms with Gasteiger partial charge in [-0.25, -0.2) is 0 Å². The number of benzene rings is 2. The summed E-state index contributed by atoms with van der Waals surface area (Å²) >= 11 is 0. The molecule has 2 aromatic carbocycles. The second-order valence-corrected chi connectivity index (χ2v) is 6.61. The van der Waals surface area contributed by atoms with Gasteiger partial charge in [0, 0.05) is 24.0 Å². The number of carbonyl (C=O) groups excluding carboxylic acids is 1. The van der Waals surface area contributed by atoms with Gasteiger partial charge < -0.3 is 5.32 Å². The summed E-state index contributed by atoms with van der Waals surface area (Å²) in [5, 5.41) is 7.33. The fraction of sp³-hybridized carbons (Fsp3) is 0.273. The lowest BCUT2D eigenvalue weighted by atomic mass is 9.98. The van der Waals surface area contributed by atoms with Crippen molar-refractivity contribution in [2.24, 2.45) is 0 Å². The Kier molecular flexibility index (Phi) is 5.84. The van der Waals surface area contributed by atoms with E-state index >= 15 is 0 Å². The topological polar surface area (TPSA) is 46.9 Å². The molecule has 1 N–H and O–H groups in total. The van der Waals surface area contributed by atoms with Crippen molar-refractivity contribution in [3.05, 3.63) is 78.1 Å². The highest BCUT2D eigenvalue weighted by Gasteiger charge is 2.14. The molecule has 134 valence electrons. The van der Waals surface area contributed by atoms with Crippen molar-refractivity contribution in [1.29, 1.82) is 0 Å². The molecule has 0 aliphatic rings. The van der Waals surface area contributed by atoms with Crippen molar-refractivity contribution in [2.75, 3.05) is 0 Å². The van der Waals surface area contributed by atoms with E-state index in [1.165, 1.54) is 5.56 Å². The average Bonchev–Trinajstić information content (AvgIpc) is 3.15. The minimum atomic E-state index is -0.0119. The summed E-state index contributed by atoms with van der Waals surface area (Å²) in [6.45, 7) is 4.92. The quantitative estimate of drug-likeness (QED) is 0.683. The predicted octanol–water partition coefficient (Wildman–Crippen LogP) is 4.52. The first kappa shape index (κ1) is 17.9. The number of hydrogen-bond donors (Lipinski definition) is 1. The molecule has 3 aromatic rings. The highest BCUT2D eigenvalue weighted by atomic mass is 16.1. The Labute approximate surface area is 154 Å². The molecule has 4 nitrogen and oxygen atoms in total. The van der Waals surface area contributed by atoms with E-state index in [0.29, 0.717) is 0 Å². The number of carbonyl (C=O) groups is 1. The number of rotatable bonds is 7. The number of hydrogen-bond acceptors (Lipinski definition) is 2. The molecule has 26 heavy (non-hydrogen) atoms. The van der Waals surface area contributed by atoms with E-state index in [1.807, 2.05) is 48.1 Å². The minimum Gasteiger partial charge on any atom is -0.350 e. The first-order valence-electron chi connectivity index (χ1n) is 9.14. The summed E-state index contributed by atoms with van der Waals surface area (Å²) in [5.74, 6) is -0.0119. The van der Waals surface area contributed by atoms with Gasteiger partial charge in [0.1, 0.15) is 0 Å². The third-order valence-corrected chi connectivity index (χ3v) is 4.44. The van der Waals surface area contributed by atoms with Gasteiger partial charge in [-0.1, -0.05) is 55.8 Å². The van der Waals surface area contributed by atoms with Crippen LogP contribution < -0.4 is 5.32 Å². The third-order valence-electron chi connectivity index (χ3n) is 4.44. The van der Waals surface area contributed by atoms with Crippen LogP contribution in [0.15, 0.2) is 67.0 Å². The van der Waals surface area contributed by atoms with E-state index in [0.717, 1.165) is 36.1 Å². The van der Waals surface area contributed by atoms with E-state index < -0.39 is 0 Å². The Bertz CT molecular complexity index is 838. The molecule has 0 saturated carbocycles. The Morgan fingerprint density at radius 2 is 1.88 bits per heavy atom. The van der Waals surface area contributed by atoms with Crippen molar-refractivity contribution in [1.82, 2.24) is 15.1 Å². The van der Waals surface area contributed by atoms with Crippen LogP contribution in [0.25, 0.3) is 11.1 Å². The highest BCUT2D eigenvalue weighted by molar-refractivity contribution is 6.01. The van der Waals surface area contributed by atoms with Gasteiger partial charge in [-0.2, -0.15) is 5.10 Å². The zero-order valence-corrected chi connectivity index (χ0v) is 15.4. The first-order valence-corrected chi connectivity index (χ1v) is 9.14. The molecule has 1 amide bonds. The average molecular weight is 347 g/mol. The van der Waals surface area contributed by atoms with E-state index in [9.17, 15) is 4.79 Å². The number of aromatic nitrogens is 2. The van der Waals surface area contributed by atoms with Gasteiger partial charge in [-0.05, 0) is 42.2 Å². The predicted molar refractivity (Wildman–Crippen MR) is 105 cm³/mol. The molecular formula is C22H25N3O. The second-order valence-electron chi connectivity index (χ2n) is 6.61. The maximum Gasteiger partial charge on any atom is 0.252 e. The smallest absolute Gasteiger partial charge is 0.252 e. The molecule has 0 unspecified atom stereocenters. The lowest BCUT2D eigenvalue weighted by Crippen LogP contribution is -2.32. The zero-order chi connectivity index (χ0) is 18.4. The summed E-state index contributed by atoms with van der Waals surface area (Å²) in [6.07, 6.45) is 5.77. The molecule has 0 spiro atoms. The number of nitrogens with one attached hydrogen (secondary N) is 1. The van der Waals surface area contributed by atoms with Crippen LogP contribution in [0.4, 0.5) is 0 Å². The second kappa shape index (κ2) is 8.48. The van der Waals surface area contributed by atoms with Gasteiger partial charge >= 0.3 is 0 Å². The van der Waals surface area contributed by atoms with Crippen molar-refractivity contribution in [3.63, 3.8) is 0 Å². The van der Waals surface area contributed by atoms with Crippen LogP contribution in [0.3, 0.4) is 0 Å². The summed E-state index contributed by atoms with van der Waals surface area (Å²) in [7, 11) is 0. The summed E-state index contributed by atoms with van der Waals surface area (Å²) in [5.41, 5.74) is 3.90. The third kappa shape index (κ3) is 4.39. The van der Waals surface area contributed by atoms with Gasteiger partial charge in [0.25, 0.3) is 5.91 Å². The van der Waals surface area contributed by atoms with Crippen molar-refractivity contribution < 1.29 is 4.79 Å². The molecular weight excluding hydrogens is 322 g/mol. The van der Waals surface area contributed by atoms with Gasteiger partial charge in [0.15, 0.2) is 0 Å². The van der Waals surface area contributed by atoms with Gasteiger partial charge in [0.2, 0.25) is 0 Å². The van der Waals surface area contributed by atoms with Crippen molar-refractivity contribution >= 4 is 5.91 Å². The Balaban J connectivity index is 1.79. The molecule has 0 saturated heterocycles. The van der Waals surface area contributed by atoms with Crippen LogP contribution in [-0.2, 0) is 6.54 Å². The Hall–Kier alpha value is -2.88. The maximum atomic E-state index is 12.7. The van der Waals surface area contributed by atoms with E-state index in [-0.39, 0.29) is 11.9 Å². The van der Waals surface area contributed by atoms with Crippen LogP contribution in [0.2, 0.25) is 0 Å².